The summed E-state index contributed by atoms with van der Waals surface area (Å²) in [5.74, 6) is 1.16. The van der Waals surface area contributed by atoms with Crippen LogP contribution in [0.1, 0.15) is 18.4 Å². The fraction of sp³-hybridized carbons (Fsp3) is 0.600. The van der Waals surface area contributed by atoms with Crippen LogP contribution in [0.4, 0.5) is 0 Å². The van der Waals surface area contributed by atoms with Gasteiger partial charge in [-0.2, -0.15) is 4.31 Å². The molecule has 0 saturated carbocycles. The zero-order valence-electron chi connectivity index (χ0n) is 12.8. The van der Waals surface area contributed by atoms with Crippen molar-refractivity contribution in [2.75, 3.05) is 33.9 Å². The smallest absolute Gasteiger partial charge is 0.243 e. The van der Waals surface area contributed by atoms with Crippen LogP contribution in [0.15, 0.2) is 23.1 Å². The lowest BCUT2D eigenvalue weighted by Gasteiger charge is -2.30. The molecule has 0 aliphatic carbocycles. The quantitative estimate of drug-likeness (QED) is 0.835. The molecule has 0 radical (unpaired) electrons. The molecule has 0 amide bonds. The van der Waals surface area contributed by atoms with E-state index in [0.717, 1.165) is 18.4 Å². The van der Waals surface area contributed by atoms with E-state index in [1.54, 1.807) is 36.7 Å². The Morgan fingerprint density at radius 3 is 2.43 bits per heavy atom. The van der Waals surface area contributed by atoms with Crippen molar-refractivity contribution >= 4 is 10.0 Å². The SMILES string of the molecule is COCC1CCN(S(=O)(=O)c2ccc(OC)c(C)c2)CC1. The number of methoxy groups -OCH3 is 2. The monoisotopic (exact) mass is 313 g/mol. The third-order valence-electron chi connectivity index (χ3n) is 3.98. The highest BCUT2D eigenvalue weighted by Crippen LogP contribution is 2.27. The summed E-state index contributed by atoms with van der Waals surface area (Å²) in [4.78, 5) is 0.339. The van der Waals surface area contributed by atoms with Gasteiger partial charge in [0.1, 0.15) is 5.75 Å². The maximum atomic E-state index is 12.7. The van der Waals surface area contributed by atoms with Crippen LogP contribution in [0.3, 0.4) is 0 Å². The number of benzene rings is 1. The molecule has 1 aromatic carbocycles. The van der Waals surface area contributed by atoms with Crippen LogP contribution in [-0.2, 0) is 14.8 Å². The average molecular weight is 313 g/mol. The standard InChI is InChI=1S/C15H23NO4S/c1-12-10-14(4-5-15(12)20-3)21(17,18)16-8-6-13(7-9-16)11-19-2/h4-5,10,13H,6-9,11H2,1-3H3. The zero-order valence-corrected chi connectivity index (χ0v) is 13.6. The van der Waals surface area contributed by atoms with Crippen LogP contribution < -0.4 is 4.74 Å². The predicted octanol–water partition coefficient (Wildman–Crippen LogP) is 2.05. The van der Waals surface area contributed by atoms with Gasteiger partial charge in [-0.15, -0.1) is 0 Å². The van der Waals surface area contributed by atoms with Gasteiger partial charge in [-0.1, -0.05) is 0 Å². The third kappa shape index (κ3) is 3.56. The van der Waals surface area contributed by atoms with Crippen LogP contribution in [0.2, 0.25) is 0 Å². The second kappa shape index (κ2) is 6.77. The molecule has 1 fully saturated rings. The van der Waals surface area contributed by atoms with Crippen LogP contribution in [0.5, 0.6) is 5.75 Å². The molecule has 1 aliphatic rings. The van der Waals surface area contributed by atoms with E-state index in [2.05, 4.69) is 0 Å². The van der Waals surface area contributed by atoms with Crippen molar-refractivity contribution in [2.45, 2.75) is 24.7 Å². The van der Waals surface area contributed by atoms with E-state index in [4.69, 9.17) is 9.47 Å². The molecule has 1 saturated heterocycles. The van der Waals surface area contributed by atoms with Crippen molar-refractivity contribution in [1.82, 2.24) is 4.31 Å². The van der Waals surface area contributed by atoms with Crippen molar-refractivity contribution in [3.05, 3.63) is 23.8 Å². The number of rotatable bonds is 5. The van der Waals surface area contributed by atoms with Gasteiger partial charge in [-0.25, -0.2) is 8.42 Å². The molecule has 1 heterocycles. The summed E-state index contributed by atoms with van der Waals surface area (Å²) >= 11 is 0. The molecule has 0 spiro atoms. The third-order valence-corrected chi connectivity index (χ3v) is 5.87. The number of aryl methyl sites for hydroxylation is 1. The van der Waals surface area contributed by atoms with Crippen LogP contribution >= 0.6 is 0 Å². The molecule has 2 rings (SSSR count). The Hall–Kier alpha value is -1.11. The molecule has 21 heavy (non-hydrogen) atoms. The van der Waals surface area contributed by atoms with Crippen molar-refractivity contribution in [1.29, 1.82) is 0 Å². The van der Waals surface area contributed by atoms with E-state index in [1.807, 2.05) is 6.92 Å². The molecule has 0 atom stereocenters. The van der Waals surface area contributed by atoms with E-state index in [9.17, 15) is 8.42 Å². The molecule has 0 N–H and O–H groups in total. The molecular formula is C15H23NO4S. The number of nitrogens with zero attached hydrogens (tertiary/aromatic N) is 1. The average Bonchev–Trinajstić information content (AvgIpc) is 2.48. The lowest BCUT2D eigenvalue weighted by molar-refractivity contribution is 0.121. The summed E-state index contributed by atoms with van der Waals surface area (Å²) in [6.45, 7) is 3.67. The highest BCUT2D eigenvalue weighted by molar-refractivity contribution is 7.89. The highest BCUT2D eigenvalue weighted by atomic mass is 32.2. The lowest BCUT2D eigenvalue weighted by atomic mass is 9.99. The van der Waals surface area contributed by atoms with Gasteiger partial charge in [-0.05, 0) is 49.4 Å². The summed E-state index contributed by atoms with van der Waals surface area (Å²) < 4.78 is 37.2. The van der Waals surface area contributed by atoms with Gasteiger partial charge in [0.05, 0.1) is 12.0 Å². The summed E-state index contributed by atoms with van der Waals surface area (Å²) in [7, 11) is -0.147. The molecule has 0 bridgehead atoms. The first kappa shape index (κ1) is 16.3. The van der Waals surface area contributed by atoms with E-state index in [-0.39, 0.29) is 0 Å². The van der Waals surface area contributed by atoms with Gasteiger partial charge in [0.15, 0.2) is 0 Å². The summed E-state index contributed by atoms with van der Waals surface area (Å²) in [6.07, 6.45) is 1.70. The molecule has 0 unspecified atom stereocenters. The molecule has 1 aromatic rings. The molecular weight excluding hydrogens is 290 g/mol. The maximum absolute atomic E-state index is 12.7. The molecule has 5 nitrogen and oxygen atoms in total. The van der Waals surface area contributed by atoms with Gasteiger partial charge < -0.3 is 9.47 Å². The van der Waals surface area contributed by atoms with Crippen molar-refractivity contribution in [3.8, 4) is 5.75 Å². The topological polar surface area (TPSA) is 55.8 Å². The largest absolute Gasteiger partial charge is 0.496 e. The van der Waals surface area contributed by atoms with E-state index in [0.29, 0.717) is 36.3 Å². The second-order valence-electron chi connectivity index (χ2n) is 5.43. The minimum atomic E-state index is -3.41. The zero-order chi connectivity index (χ0) is 15.5. The Kier molecular flexibility index (Phi) is 5.24. The molecule has 1 aliphatic heterocycles. The Balaban J connectivity index is 2.14. The Bertz CT molecular complexity index is 577. The first-order chi connectivity index (χ1) is 9.98. The first-order valence-corrected chi connectivity index (χ1v) is 8.56. The summed E-state index contributed by atoms with van der Waals surface area (Å²) in [5.41, 5.74) is 0.827. The fourth-order valence-corrected chi connectivity index (χ4v) is 4.27. The normalized spacial score (nSPS) is 17.9. The van der Waals surface area contributed by atoms with Crippen molar-refractivity contribution in [2.24, 2.45) is 5.92 Å². The number of sulfonamides is 1. The van der Waals surface area contributed by atoms with Gasteiger partial charge in [0.25, 0.3) is 0 Å². The van der Waals surface area contributed by atoms with Gasteiger partial charge in [0.2, 0.25) is 10.0 Å². The number of hydrogen-bond donors (Lipinski definition) is 0. The van der Waals surface area contributed by atoms with E-state index in [1.165, 1.54) is 0 Å². The number of hydrogen-bond acceptors (Lipinski definition) is 4. The predicted molar refractivity (Wildman–Crippen MR) is 81.1 cm³/mol. The number of piperidine rings is 1. The van der Waals surface area contributed by atoms with Gasteiger partial charge in [-0.3, -0.25) is 0 Å². The van der Waals surface area contributed by atoms with E-state index >= 15 is 0 Å². The van der Waals surface area contributed by atoms with Gasteiger partial charge in [0, 0.05) is 26.8 Å². The Morgan fingerprint density at radius 1 is 1.24 bits per heavy atom. The van der Waals surface area contributed by atoms with Crippen LogP contribution in [0, 0.1) is 12.8 Å². The maximum Gasteiger partial charge on any atom is 0.243 e. The van der Waals surface area contributed by atoms with Gasteiger partial charge >= 0.3 is 0 Å². The van der Waals surface area contributed by atoms with Crippen molar-refractivity contribution < 1.29 is 17.9 Å². The van der Waals surface area contributed by atoms with Crippen LogP contribution in [-0.4, -0.2) is 46.6 Å². The summed E-state index contributed by atoms with van der Waals surface area (Å²) in [6, 6.07) is 5.00. The highest BCUT2D eigenvalue weighted by Gasteiger charge is 2.29. The number of ether oxygens (including phenoxy) is 2. The fourth-order valence-electron chi connectivity index (χ4n) is 2.71. The molecule has 6 heteroatoms. The first-order valence-electron chi connectivity index (χ1n) is 7.12. The minimum absolute atomic E-state index is 0.339. The Labute approximate surface area is 126 Å². The molecule has 118 valence electrons. The summed E-state index contributed by atoms with van der Waals surface area (Å²) in [5, 5.41) is 0. The van der Waals surface area contributed by atoms with E-state index < -0.39 is 10.0 Å². The molecule has 0 aromatic heterocycles. The second-order valence-corrected chi connectivity index (χ2v) is 7.37. The van der Waals surface area contributed by atoms with Crippen molar-refractivity contribution in [3.63, 3.8) is 0 Å². The van der Waals surface area contributed by atoms with Crippen LogP contribution in [0.25, 0.3) is 0 Å². The lowest BCUT2D eigenvalue weighted by Crippen LogP contribution is -2.39. The minimum Gasteiger partial charge on any atom is -0.496 e. The Morgan fingerprint density at radius 2 is 1.90 bits per heavy atom.